The zero-order chi connectivity index (χ0) is 17.0. The number of nitrogens with zero attached hydrogens (tertiary/aromatic N) is 2. The number of Topliss-reactive ketones (excluding diaryl/α,β-unsaturated/α-hetero) is 1. The molecule has 1 fully saturated rings. The van der Waals surface area contributed by atoms with Crippen molar-refractivity contribution < 1.29 is 4.79 Å². The largest absolute Gasteiger partial charge is 0.301 e. The minimum absolute atomic E-state index is 0. The van der Waals surface area contributed by atoms with Crippen molar-refractivity contribution in [2.45, 2.75) is 32.2 Å². The number of hydrogen-bond donors (Lipinski definition) is 0. The summed E-state index contributed by atoms with van der Waals surface area (Å²) >= 11 is 3.61. The Morgan fingerprint density at radius 2 is 2.08 bits per heavy atom. The van der Waals surface area contributed by atoms with E-state index >= 15 is 0 Å². The first-order chi connectivity index (χ1) is 12.2. The third kappa shape index (κ3) is 3.22. The Bertz CT molecular complexity index is 941. The summed E-state index contributed by atoms with van der Waals surface area (Å²) in [5.41, 5.74) is 3.79. The molecule has 3 aromatic rings. The van der Waals surface area contributed by atoms with Crippen molar-refractivity contribution in [2.75, 3.05) is 13.6 Å². The number of para-hydroxylation sites is 1. The Hall–Kier alpha value is -1.27. The third-order valence-electron chi connectivity index (χ3n) is 5.20. The number of rotatable bonds is 4. The van der Waals surface area contributed by atoms with E-state index in [0.717, 1.165) is 42.9 Å². The Balaban J connectivity index is 0.00000168. The van der Waals surface area contributed by atoms with Crippen LogP contribution in [-0.2, 0) is 24.2 Å². The maximum Gasteiger partial charge on any atom is 0.141 e. The van der Waals surface area contributed by atoms with Gasteiger partial charge >= 0.3 is 0 Å². The van der Waals surface area contributed by atoms with Gasteiger partial charge in [-0.3, -0.25) is 4.79 Å². The van der Waals surface area contributed by atoms with Crippen molar-refractivity contribution in [1.29, 1.82) is 0 Å². The first-order valence-electron chi connectivity index (χ1n) is 8.89. The van der Waals surface area contributed by atoms with E-state index in [2.05, 4.69) is 30.1 Å². The van der Waals surface area contributed by atoms with E-state index in [0.29, 0.717) is 18.1 Å². The number of hydrogen-bond acceptors (Lipinski definition) is 5. The number of carbonyl (C=O) groups excluding carboxylic acids is 1. The lowest BCUT2D eigenvalue weighted by Gasteiger charge is -2.22. The van der Waals surface area contributed by atoms with E-state index in [4.69, 9.17) is 4.98 Å². The molecule has 0 amide bonds. The number of carbonyl (C=O) groups is 1. The summed E-state index contributed by atoms with van der Waals surface area (Å²) in [7, 11) is 2.18. The molecular formula is C20H21ClN2OS2. The van der Waals surface area contributed by atoms with Crippen LogP contribution in [0.2, 0.25) is 0 Å². The summed E-state index contributed by atoms with van der Waals surface area (Å²) in [6, 6.07) is 8.33. The van der Waals surface area contributed by atoms with E-state index in [9.17, 15) is 4.79 Å². The summed E-state index contributed by atoms with van der Waals surface area (Å²) in [6.45, 7) is 2.08. The van der Waals surface area contributed by atoms with Gasteiger partial charge < -0.3 is 4.90 Å². The van der Waals surface area contributed by atoms with Gasteiger partial charge in [0.25, 0.3) is 0 Å². The van der Waals surface area contributed by atoms with Gasteiger partial charge in [0.1, 0.15) is 10.8 Å². The lowest BCUT2D eigenvalue weighted by molar-refractivity contribution is -0.119. The van der Waals surface area contributed by atoms with Crippen molar-refractivity contribution in [2.24, 2.45) is 5.92 Å². The van der Waals surface area contributed by atoms with Gasteiger partial charge in [-0.1, -0.05) is 12.1 Å². The van der Waals surface area contributed by atoms with Crippen LogP contribution in [0.3, 0.4) is 0 Å². The molecular weight excluding hydrogens is 384 g/mol. The minimum atomic E-state index is 0. The monoisotopic (exact) mass is 404 g/mol. The summed E-state index contributed by atoms with van der Waals surface area (Å²) in [6.07, 6.45) is 3.83. The molecule has 0 unspecified atom stereocenters. The number of aromatic nitrogens is 1. The maximum atomic E-state index is 12.5. The lowest BCUT2D eigenvalue weighted by atomic mass is 10.00. The molecule has 6 heteroatoms. The van der Waals surface area contributed by atoms with Gasteiger partial charge in [0, 0.05) is 40.7 Å². The van der Waals surface area contributed by atoms with Crippen LogP contribution in [0.15, 0.2) is 24.3 Å². The van der Waals surface area contributed by atoms with E-state index < -0.39 is 0 Å². The Kier molecular flexibility index (Phi) is 4.90. The fraction of sp³-hybridized carbons (Fsp3) is 0.400. The van der Waals surface area contributed by atoms with Gasteiger partial charge in [-0.2, -0.15) is 0 Å². The van der Waals surface area contributed by atoms with Crippen LogP contribution < -0.4 is 0 Å². The first-order valence-corrected chi connectivity index (χ1v) is 10.5. The van der Waals surface area contributed by atoms with Gasteiger partial charge in [0.05, 0.1) is 10.2 Å². The minimum Gasteiger partial charge on any atom is -0.301 e. The Labute approximate surface area is 167 Å². The van der Waals surface area contributed by atoms with Crippen molar-refractivity contribution in [3.8, 4) is 10.6 Å². The lowest BCUT2D eigenvalue weighted by Crippen LogP contribution is -2.25. The molecule has 0 spiro atoms. The van der Waals surface area contributed by atoms with Crippen LogP contribution >= 0.6 is 35.1 Å². The fourth-order valence-electron chi connectivity index (χ4n) is 3.65. The Morgan fingerprint density at radius 1 is 1.27 bits per heavy atom. The van der Waals surface area contributed by atoms with Gasteiger partial charge in [0.2, 0.25) is 0 Å². The second kappa shape index (κ2) is 7.04. The highest BCUT2D eigenvalue weighted by Gasteiger charge is 2.32. The average Bonchev–Trinajstić information content (AvgIpc) is 3.27. The number of ketones is 1. The van der Waals surface area contributed by atoms with Crippen molar-refractivity contribution in [1.82, 2.24) is 9.88 Å². The first kappa shape index (κ1) is 18.1. The third-order valence-corrected chi connectivity index (χ3v) is 7.47. The standard InChI is InChI=1S/C20H20N2OS2.ClH/c1-22-9-8-13-18(11-22)24-17(10-15(23)12-6-7-12)19(13)20-21-14-4-2-3-5-16(14)25-20;/h2-5,12H,6-11H2,1H3;1H. The molecule has 1 aliphatic carbocycles. The predicted octanol–water partition coefficient (Wildman–Crippen LogP) is 4.96. The van der Waals surface area contributed by atoms with Crippen LogP contribution in [-0.4, -0.2) is 29.3 Å². The van der Waals surface area contributed by atoms with Gasteiger partial charge in [0.15, 0.2) is 0 Å². The van der Waals surface area contributed by atoms with E-state index in [1.807, 2.05) is 17.4 Å². The quantitative estimate of drug-likeness (QED) is 0.616. The van der Waals surface area contributed by atoms with Gasteiger partial charge in [-0.25, -0.2) is 4.98 Å². The molecule has 2 aliphatic rings. The van der Waals surface area contributed by atoms with Crippen LogP contribution in [0.5, 0.6) is 0 Å². The maximum absolute atomic E-state index is 12.5. The van der Waals surface area contributed by atoms with Crippen LogP contribution in [0.4, 0.5) is 0 Å². The van der Waals surface area contributed by atoms with E-state index in [1.54, 1.807) is 11.3 Å². The highest BCUT2D eigenvalue weighted by Crippen LogP contribution is 2.43. The Morgan fingerprint density at radius 3 is 2.85 bits per heavy atom. The summed E-state index contributed by atoms with van der Waals surface area (Å²) < 4.78 is 1.23. The molecule has 0 saturated heterocycles. The number of halogens is 1. The molecule has 3 nitrogen and oxygen atoms in total. The van der Waals surface area contributed by atoms with Crippen molar-refractivity contribution in [3.63, 3.8) is 0 Å². The molecule has 1 saturated carbocycles. The molecule has 5 rings (SSSR count). The average molecular weight is 405 g/mol. The molecule has 0 radical (unpaired) electrons. The van der Waals surface area contributed by atoms with Crippen molar-refractivity contribution in [3.05, 3.63) is 39.6 Å². The molecule has 3 heterocycles. The summed E-state index contributed by atoms with van der Waals surface area (Å²) in [5, 5.41) is 1.10. The molecule has 2 aromatic heterocycles. The van der Waals surface area contributed by atoms with Gasteiger partial charge in [-0.05, 0) is 44.0 Å². The molecule has 26 heavy (non-hydrogen) atoms. The molecule has 0 atom stereocenters. The fourth-order valence-corrected chi connectivity index (χ4v) is 6.22. The highest BCUT2D eigenvalue weighted by molar-refractivity contribution is 7.22. The molecule has 0 bridgehead atoms. The number of thiazole rings is 1. The second-order valence-electron chi connectivity index (χ2n) is 7.19. The van der Waals surface area contributed by atoms with Crippen molar-refractivity contribution >= 4 is 51.1 Å². The SMILES string of the molecule is CN1CCc2c(sc(CC(=O)C3CC3)c2-c2nc3ccccc3s2)C1.Cl. The van der Waals surface area contributed by atoms with E-state index in [-0.39, 0.29) is 12.4 Å². The summed E-state index contributed by atoms with van der Waals surface area (Å²) in [4.78, 5) is 22.4. The topological polar surface area (TPSA) is 33.2 Å². The number of benzene rings is 1. The summed E-state index contributed by atoms with van der Waals surface area (Å²) in [5.74, 6) is 0.749. The number of likely N-dealkylation sites (N-methyl/N-ethyl adjacent to an activating group) is 1. The van der Waals surface area contributed by atoms with E-state index in [1.165, 1.54) is 25.6 Å². The zero-order valence-electron chi connectivity index (χ0n) is 14.7. The van der Waals surface area contributed by atoms with Crippen LogP contribution in [0, 0.1) is 5.92 Å². The smallest absolute Gasteiger partial charge is 0.141 e. The number of thiophene rings is 1. The molecule has 136 valence electrons. The zero-order valence-corrected chi connectivity index (χ0v) is 17.1. The molecule has 1 aliphatic heterocycles. The molecule has 0 N–H and O–H groups in total. The van der Waals surface area contributed by atoms with Crippen LogP contribution in [0.1, 0.15) is 28.2 Å². The highest BCUT2D eigenvalue weighted by atomic mass is 35.5. The molecule has 1 aromatic carbocycles. The second-order valence-corrected chi connectivity index (χ2v) is 9.41. The predicted molar refractivity (Wildman–Crippen MR) is 112 cm³/mol. The number of fused-ring (bicyclic) bond motifs is 2. The van der Waals surface area contributed by atoms with Crippen LogP contribution in [0.25, 0.3) is 20.8 Å². The van der Waals surface area contributed by atoms with Gasteiger partial charge in [-0.15, -0.1) is 35.1 Å². The normalized spacial score (nSPS) is 17.1.